The number of para-hydroxylation sites is 1. The Labute approximate surface area is 121 Å². The van der Waals surface area contributed by atoms with Crippen LogP contribution in [0, 0.1) is 17.1 Å². The van der Waals surface area contributed by atoms with E-state index in [1.165, 1.54) is 19.1 Å². The number of rotatable bonds is 4. The minimum atomic E-state index is -0.868. The molecule has 1 N–H and O–H groups in total. The molecule has 1 atom stereocenters. The van der Waals surface area contributed by atoms with E-state index in [-0.39, 0.29) is 5.75 Å². The third kappa shape index (κ3) is 3.80. The van der Waals surface area contributed by atoms with Gasteiger partial charge in [-0.15, -0.1) is 0 Å². The molecule has 0 saturated heterocycles. The molecule has 21 heavy (non-hydrogen) atoms. The molecule has 2 aromatic carbocycles. The Kier molecular flexibility index (Phi) is 4.52. The largest absolute Gasteiger partial charge is 0.478 e. The van der Waals surface area contributed by atoms with Crippen LogP contribution in [0.4, 0.5) is 10.1 Å². The monoisotopic (exact) mass is 284 g/mol. The average molecular weight is 284 g/mol. The van der Waals surface area contributed by atoms with Gasteiger partial charge in [0.15, 0.2) is 17.7 Å². The predicted molar refractivity (Wildman–Crippen MR) is 76.3 cm³/mol. The fourth-order valence-corrected chi connectivity index (χ4v) is 1.69. The quantitative estimate of drug-likeness (QED) is 0.938. The first kappa shape index (κ1) is 14.5. The van der Waals surface area contributed by atoms with Crippen LogP contribution in [-0.4, -0.2) is 12.0 Å². The predicted octanol–water partition coefficient (Wildman–Crippen LogP) is 3.10. The van der Waals surface area contributed by atoms with Crippen LogP contribution in [-0.2, 0) is 4.79 Å². The molecule has 2 rings (SSSR count). The Morgan fingerprint density at radius 1 is 1.29 bits per heavy atom. The molecule has 0 aliphatic rings. The molecular weight excluding hydrogens is 271 g/mol. The molecule has 4 nitrogen and oxygen atoms in total. The van der Waals surface area contributed by atoms with E-state index in [0.29, 0.717) is 11.3 Å². The highest BCUT2D eigenvalue weighted by atomic mass is 19.1. The number of halogens is 1. The van der Waals surface area contributed by atoms with Gasteiger partial charge in [-0.2, -0.15) is 5.26 Å². The second kappa shape index (κ2) is 6.53. The molecule has 5 heteroatoms. The average Bonchev–Trinajstić information content (AvgIpc) is 2.49. The molecule has 0 aliphatic heterocycles. The molecular formula is C16H13FN2O2. The van der Waals surface area contributed by atoms with Crippen molar-refractivity contribution in [3.8, 4) is 11.8 Å². The van der Waals surface area contributed by atoms with Gasteiger partial charge >= 0.3 is 0 Å². The van der Waals surface area contributed by atoms with Crippen molar-refractivity contribution in [1.82, 2.24) is 0 Å². The van der Waals surface area contributed by atoms with Crippen molar-refractivity contribution in [2.45, 2.75) is 13.0 Å². The number of hydrogen-bond donors (Lipinski definition) is 1. The lowest BCUT2D eigenvalue weighted by atomic mass is 10.2. The second-order valence-corrected chi connectivity index (χ2v) is 4.37. The SMILES string of the molecule is CC(Oc1ccccc1F)C(=O)Nc1cccc(C#N)c1. The van der Waals surface area contributed by atoms with Crippen molar-refractivity contribution < 1.29 is 13.9 Å². The number of benzene rings is 2. The van der Waals surface area contributed by atoms with Gasteiger partial charge in [-0.1, -0.05) is 18.2 Å². The number of nitriles is 1. The Balaban J connectivity index is 2.03. The Morgan fingerprint density at radius 3 is 2.76 bits per heavy atom. The highest BCUT2D eigenvalue weighted by Gasteiger charge is 2.16. The summed E-state index contributed by atoms with van der Waals surface area (Å²) in [5.74, 6) is -0.928. The molecule has 0 aromatic heterocycles. The summed E-state index contributed by atoms with van der Waals surface area (Å²) in [4.78, 5) is 12.0. The standard InChI is InChI=1S/C16H13FN2O2/c1-11(21-15-8-3-2-7-14(15)17)16(20)19-13-6-4-5-12(9-13)10-18/h2-9,11H,1H3,(H,19,20). The molecule has 0 heterocycles. The van der Waals surface area contributed by atoms with Crippen LogP contribution in [0.15, 0.2) is 48.5 Å². The van der Waals surface area contributed by atoms with Gasteiger partial charge in [0.2, 0.25) is 0 Å². The van der Waals surface area contributed by atoms with E-state index in [1.807, 2.05) is 6.07 Å². The number of amides is 1. The summed E-state index contributed by atoms with van der Waals surface area (Å²) < 4.78 is 18.7. The highest BCUT2D eigenvalue weighted by molar-refractivity contribution is 5.94. The van der Waals surface area contributed by atoms with Crippen LogP contribution in [0.5, 0.6) is 5.75 Å². The van der Waals surface area contributed by atoms with Crippen LogP contribution < -0.4 is 10.1 Å². The fourth-order valence-electron chi connectivity index (χ4n) is 1.69. The second-order valence-electron chi connectivity index (χ2n) is 4.37. The first-order valence-electron chi connectivity index (χ1n) is 6.32. The van der Waals surface area contributed by atoms with Crippen molar-refractivity contribution in [1.29, 1.82) is 5.26 Å². The topological polar surface area (TPSA) is 62.1 Å². The van der Waals surface area contributed by atoms with E-state index in [9.17, 15) is 9.18 Å². The number of ether oxygens (including phenoxy) is 1. The Bertz CT molecular complexity index is 695. The van der Waals surface area contributed by atoms with Crippen LogP contribution in [0.1, 0.15) is 12.5 Å². The van der Waals surface area contributed by atoms with Crippen molar-refractivity contribution in [2.24, 2.45) is 0 Å². The van der Waals surface area contributed by atoms with Gasteiger partial charge in [0.25, 0.3) is 5.91 Å². The zero-order valence-electron chi connectivity index (χ0n) is 11.3. The molecule has 106 valence electrons. The minimum Gasteiger partial charge on any atom is -0.478 e. The molecule has 0 aliphatic carbocycles. The van der Waals surface area contributed by atoms with Crippen LogP contribution in [0.25, 0.3) is 0 Å². The third-order valence-corrected chi connectivity index (χ3v) is 2.77. The van der Waals surface area contributed by atoms with E-state index in [0.717, 1.165) is 0 Å². The molecule has 0 saturated carbocycles. The van der Waals surface area contributed by atoms with Crippen LogP contribution in [0.2, 0.25) is 0 Å². The normalized spacial score (nSPS) is 11.3. The summed E-state index contributed by atoms with van der Waals surface area (Å²) >= 11 is 0. The lowest BCUT2D eigenvalue weighted by Crippen LogP contribution is -2.30. The van der Waals surface area contributed by atoms with Gasteiger partial charge in [0.1, 0.15) is 0 Å². The third-order valence-electron chi connectivity index (χ3n) is 2.77. The Hall–Kier alpha value is -2.87. The summed E-state index contributed by atoms with van der Waals surface area (Å²) in [6, 6.07) is 14.4. The number of hydrogen-bond acceptors (Lipinski definition) is 3. The molecule has 2 aromatic rings. The Morgan fingerprint density at radius 2 is 2.05 bits per heavy atom. The highest BCUT2D eigenvalue weighted by Crippen LogP contribution is 2.18. The van der Waals surface area contributed by atoms with Gasteiger partial charge in [-0.3, -0.25) is 4.79 Å². The fraction of sp³-hybridized carbons (Fsp3) is 0.125. The van der Waals surface area contributed by atoms with Crippen molar-refractivity contribution in [3.63, 3.8) is 0 Å². The molecule has 0 bridgehead atoms. The van der Waals surface area contributed by atoms with Crippen LogP contribution >= 0.6 is 0 Å². The lowest BCUT2D eigenvalue weighted by Gasteiger charge is -2.15. The number of carbonyl (C=O) groups excluding carboxylic acids is 1. The summed E-state index contributed by atoms with van der Waals surface area (Å²) in [6.45, 7) is 1.52. The first-order valence-corrected chi connectivity index (χ1v) is 6.32. The number of nitrogens with one attached hydrogen (secondary N) is 1. The van der Waals surface area contributed by atoms with Gasteiger partial charge in [-0.05, 0) is 37.3 Å². The number of carbonyl (C=O) groups is 1. The zero-order valence-corrected chi connectivity index (χ0v) is 11.3. The van der Waals surface area contributed by atoms with E-state index in [1.54, 1.807) is 36.4 Å². The maximum absolute atomic E-state index is 13.4. The van der Waals surface area contributed by atoms with Crippen LogP contribution in [0.3, 0.4) is 0 Å². The van der Waals surface area contributed by atoms with Gasteiger partial charge in [0.05, 0.1) is 11.6 Å². The van der Waals surface area contributed by atoms with Gasteiger partial charge < -0.3 is 10.1 Å². The van der Waals surface area contributed by atoms with Crippen molar-refractivity contribution in [2.75, 3.05) is 5.32 Å². The van der Waals surface area contributed by atoms with E-state index < -0.39 is 17.8 Å². The molecule has 1 unspecified atom stereocenters. The van der Waals surface area contributed by atoms with E-state index in [2.05, 4.69) is 5.32 Å². The minimum absolute atomic E-state index is 0.0194. The molecule has 0 spiro atoms. The summed E-state index contributed by atoms with van der Waals surface area (Å²) in [6.07, 6.45) is -0.868. The van der Waals surface area contributed by atoms with Gasteiger partial charge in [-0.25, -0.2) is 4.39 Å². The zero-order chi connectivity index (χ0) is 15.2. The lowest BCUT2D eigenvalue weighted by molar-refractivity contribution is -0.122. The maximum atomic E-state index is 13.4. The molecule has 0 radical (unpaired) electrons. The van der Waals surface area contributed by atoms with Crippen molar-refractivity contribution in [3.05, 3.63) is 59.9 Å². The summed E-state index contributed by atoms with van der Waals surface area (Å²) in [5, 5.41) is 11.4. The number of nitrogens with zero attached hydrogens (tertiary/aromatic N) is 1. The van der Waals surface area contributed by atoms with Crippen molar-refractivity contribution >= 4 is 11.6 Å². The molecule has 1 amide bonds. The maximum Gasteiger partial charge on any atom is 0.265 e. The molecule has 0 fully saturated rings. The van der Waals surface area contributed by atoms with Gasteiger partial charge in [0, 0.05) is 5.69 Å². The summed E-state index contributed by atoms with van der Waals surface area (Å²) in [7, 11) is 0. The van der Waals surface area contributed by atoms with E-state index >= 15 is 0 Å². The summed E-state index contributed by atoms with van der Waals surface area (Å²) in [5.41, 5.74) is 0.929. The van der Waals surface area contributed by atoms with E-state index in [4.69, 9.17) is 10.00 Å². The smallest absolute Gasteiger partial charge is 0.265 e. The first-order chi connectivity index (χ1) is 10.1. The number of anilines is 1.